The van der Waals surface area contributed by atoms with Crippen molar-refractivity contribution in [3.05, 3.63) is 60.2 Å². The van der Waals surface area contributed by atoms with Gasteiger partial charge < -0.3 is 0 Å². The molecule has 1 fully saturated rings. The van der Waals surface area contributed by atoms with Gasteiger partial charge >= 0.3 is 6.18 Å². The van der Waals surface area contributed by atoms with Crippen molar-refractivity contribution in [2.24, 2.45) is 5.10 Å². The average Bonchev–Trinajstić information content (AvgIpc) is 2.87. The quantitative estimate of drug-likeness (QED) is 0.418. The summed E-state index contributed by atoms with van der Waals surface area (Å²) < 4.78 is 67.5. The number of rotatable bonds is 6. The maximum atomic E-state index is 13.4. The second-order valence-electron chi connectivity index (χ2n) is 9.27. The lowest BCUT2D eigenvalue weighted by molar-refractivity contribution is -0.137. The van der Waals surface area contributed by atoms with E-state index in [1.165, 1.54) is 62.4 Å². The summed E-state index contributed by atoms with van der Waals surface area (Å²) in [4.78, 5) is 12.7. The highest BCUT2D eigenvalue weighted by molar-refractivity contribution is 7.92. The first-order valence-corrected chi connectivity index (χ1v) is 14.2. The smallest absolute Gasteiger partial charge is 0.271 e. The van der Waals surface area contributed by atoms with Crippen molar-refractivity contribution in [3.8, 4) is 0 Å². The highest BCUT2D eigenvalue weighted by Crippen LogP contribution is 2.33. The molecular formula is C27H34F3N3O3S. The van der Waals surface area contributed by atoms with Crippen LogP contribution in [0, 0.1) is 0 Å². The highest BCUT2D eigenvalue weighted by atomic mass is 32.2. The van der Waals surface area contributed by atoms with Crippen LogP contribution >= 0.6 is 0 Å². The molecule has 0 heterocycles. The number of benzene rings is 2. The fraction of sp³-hybridized carbons (Fsp3) is 0.481. The van der Waals surface area contributed by atoms with E-state index in [0.717, 1.165) is 62.4 Å². The van der Waals surface area contributed by atoms with Crippen molar-refractivity contribution in [1.82, 2.24) is 5.43 Å². The zero-order valence-corrected chi connectivity index (χ0v) is 21.7. The van der Waals surface area contributed by atoms with Crippen LogP contribution in [0.1, 0.15) is 76.2 Å². The fourth-order valence-electron chi connectivity index (χ4n) is 4.31. The number of halogens is 3. The zero-order chi connectivity index (χ0) is 26.7. The molecule has 0 aromatic heterocycles. The van der Waals surface area contributed by atoms with E-state index in [4.69, 9.17) is 0 Å². The molecule has 1 aliphatic rings. The van der Waals surface area contributed by atoms with Crippen LogP contribution in [-0.4, -0.2) is 26.6 Å². The predicted octanol–water partition coefficient (Wildman–Crippen LogP) is 6.68. The topological polar surface area (TPSA) is 78.8 Å². The third-order valence-corrected chi connectivity index (χ3v) is 8.14. The minimum Gasteiger partial charge on any atom is -0.271 e. The summed E-state index contributed by atoms with van der Waals surface area (Å²) in [6.07, 6.45) is 7.00. The molecule has 37 heavy (non-hydrogen) atoms. The number of amides is 1. The van der Waals surface area contributed by atoms with Crippen molar-refractivity contribution in [2.75, 3.05) is 10.8 Å². The Morgan fingerprint density at radius 3 is 1.97 bits per heavy atom. The Hall–Kier alpha value is -2.88. The highest BCUT2D eigenvalue weighted by Gasteiger charge is 2.33. The maximum Gasteiger partial charge on any atom is 0.416 e. The lowest BCUT2D eigenvalue weighted by Crippen LogP contribution is -2.40. The lowest BCUT2D eigenvalue weighted by Gasteiger charge is -2.24. The van der Waals surface area contributed by atoms with E-state index in [2.05, 4.69) is 10.5 Å². The van der Waals surface area contributed by atoms with Crippen molar-refractivity contribution >= 4 is 27.3 Å². The first-order chi connectivity index (χ1) is 17.7. The van der Waals surface area contributed by atoms with E-state index in [9.17, 15) is 26.4 Å². The van der Waals surface area contributed by atoms with Gasteiger partial charge in [-0.25, -0.2) is 13.8 Å². The molecule has 0 unspecified atom stereocenters. The van der Waals surface area contributed by atoms with E-state index in [0.29, 0.717) is 4.31 Å². The third kappa shape index (κ3) is 8.87. The van der Waals surface area contributed by atoms with Gasteiger partial charge in [0.05, 0.1) is 16.1 Å². The molecule has 10 heteroatoms. The molecule has 0 saturated heterocycles. The largest absolute Gasteiger partial charge is 0.416 e. The van der Waals surface area contributed by atoms with Gasteiger partial charge in [0.25, 0.3) is 15.9 Å². The van der Waals surface area contributed by atoms with E-state index in [1.807, 2.05) is 0 Å². The molecule has 6 nitrogen and oxygen atoms in total. The number of carbonyl (C=O) groups is 1. The Kier molecular flexibility index (Phi) is 10.5. The third-order valence-electron chi connectivity index (χ3n) is 6.35. The normalized spacial score (nSPS) is 16.2. The average molecular weight is 538 g/mol. The molecule has 1 aliphatic carbocycles. The molecule has 0 bridgehead atoms. The summed E-state index contributed by atoms with van der Waals surface area (Å²) in [6, 6.07) is 11.2. The molecule has 1 saturated carbocycles. The van der Waals surface area contributed by atoms with Crippen LogP contribution in [0.15, 0.2) is 64.6 Å². The zero-order valence-electron chi connectivity index (χ0n) is 20.8. The van der Waals surface area contributed by atoms with Gasteiger partial charge in [0.15, 0.2) is 0 Å². The first-order valence-electron chi connectivity index (χ1n) is 12.8. The summed E-state index contributed by atoms with van der Waals surface area (Å²) >= 11 is 0. The fourth-order valence-corrected chi connectivity index (χ4v) is 5.75. The number of hydrogen-bond donors (Lipinski definition) is 1. The van der Waals surface area contributed by atoms with Gasteiger partial charge in [0.2, 0.25) is 0 Å². The summed E-state index contributed by atoms with van der Waals surface area (Å²) in [5.74, 6) is -0.726. The van der Waals surface area contributed by atoms with Gasteiger partial charge in [0, 0.05) is 5.71 Å². The molecule has 0 radical (unpaired) electrons. The molecule has 1 amide bonds. The Balaban J connectivity index is 1.81. The van der Waals surface area contributed by atoms with Gasteiger partial charge in [0.1, 0.15) is 6.54 Å². The number of sulfonamides is 1. The molecular weight excluding hydrogens is 503 g/mol. The molecule has 1 N–H and O–H groups in total. The molecule has 0 atom stereocenters. The molecule has 0 spiro atoms. The standard InChI is InChI=1S/C27H34F3N3O3S/c28-27(29,30)22-14-13-17-24(20-22)33(37(35,36)25-18-11-8-12-19-25)21-26(34)32-31-23-15-9-6-4-2-1-3-5-7-10-16-23/h8,11-14,17-20H,1-7,9-10,15-16,21H2,(H,32,34). The first kappa shape index (κ1) is 28.7. The molecule has 2 aromatic carbocycles. The molecule has 3 rings (SSSR count). The van der Waals surface area contributed by atoms with Gasteiger partial charge in [-0.15, -0.1) is 0 Å². The van der Waals surface area contributed by atoms with E-state index < -0.39 is 34.2 Å². The number of alkyl halides is 3. The minimum absolute atomic E-state index is 0.133. The summed E-state index contributed by atoms with van der Waals surface area (Å²) in [5.41, 5.74) is 2.04. The number of hydrogen-bond acceptors (Lipinski definition) is 4. The van der Waals surface area contributed by atoms with Crippen LogP contribution in [-0.2, 0) is 21.0 Å². The Morgan fingerprint density at radius 2 is 1.41 bits per heavy atom. The Labute approximate surface area is 217 Å². The summed E-state index contributed by atoms with van der Waals surface area (Å²) in [5, 5.41) is 4.29. The van der Waals surface area contributed by atoms with Gasteiger partial charge in [-0.05, 0) is 56.0 Å². The predicted molar refractivity (Wildman–Crippen MR) is 139 cm³/mol. The molecule has 2 aromatic rings. The number of anilines is 1. The number of carbonyl (C=O) groups excluding carboxylic acids is 1. The van der Waals surface area contributed by atoms with Crippen molar-refractivity contribution in [1.29, 1.82) is 0 Å². The number of nitrogens with zero attached hydrogens (tertiary/aromatic N) is 2. The van der Waals surface area contributed by atoms with Gasteiger partial charge in [-0.2, -0.15) is 18.3 Å². The van der Waals surface area contributed by atoms with Crippen LogP contribution < -0.4 is 9.73 Å². The summed E-state index contributed by atoms with van der Waals surface area (Å²) in [7, 11) is -4.32. The van der Waals surface area contributed by atoms with Crippen molar-refractivity contribution in [2.45, 2.75) is 81.7 Å². The second-order valence-corrected chi connectivity index (χ2v) is 11.1. The van der Waals surface area contributed by atoms with Crippen LogP contribution in [0.3, 0.4) is 0 Å². The van der Waals surface area contributed by atoms with Crippen LogP contribution in [0.4, 0.5) is 18.9 Å². The SMILES string of the molecule is O=C(CN(c1cccc(C(F)(F)F)c1)S(=O)(=O)c1ccccc1)NN=C1CCCCCCCCCCC1. The lowest BCUT2D eigenvalue weighted by atomic mass is 10.00. The Bertz CT molecular complexity index is 1140. The molecule has 0 aliphatic heterocycles. The van der Waals surface area contributed by atoms with Gasteiger partial charge in [-0.1, -0.05) is 69.2 Å². The summed E-state index contributed by atoms with van der Waals surface area (Å²) in [6.45, 7) is -0.713. The van der Waals surface area contributed by atoms with E-state index >= 15 is 0 Å². The monoisotopic (exact) mass is 537 g/mol. The van der Waals surface area contributed by atoms with E-state index in [-0.39, 0.29) is 10.6 Å². The minimum atomic E-state index is -4.67. The van der Waals surface area contributed by atoms with Gasteiger partial charge in [-0.3, -0.25) is 9.10 Å². The van der Waals surface area contributed by atoms with Crippen LogP contribution in [0.2, 0.25) is 0 Å². The van der Waals surface area contributed by atoms with Crippen LogP contribution in [0.25, 0.3) is 0 Å². The number of nitrogens with one attached hydrogen (secondary N) is 1. The maximum absolute atomic E-state index is 13.4. The number of hydrazone groups is 1. The van der Waals surface area contributed by atoms with E-state index in [1.54, 1.807) is 6.07 Å². The second kappa shape index (κ2) is 13.6. The Morgan fingerprint density at radius 1 is 0.838 bits per heavy atom. The van der Waals surface area contributed by atoms with Crippen LogP contribution in [0.5, 0.6) is 0 Å². The van der Waals surface area contributed by atoms with Crippen molar-refractivity contribution in [3.63, 3.8) is 0 Å². The molecule has 202 valence electrons. The van der Waals surface area contributed by atoms with Crippen molar-refractivity contribution < 1.29 is 26.4 Å².